The van der Waals surface area contributed by atoms with Crippen molar-refractivity contribution < 1.29 is 24.9 Å². The number of ether oxygens (including phenoxy) is 1. The molecular formula is C22H28O5. The van der Waals surface area contributed by atoms with Gasteiger partial charge in [0.15, 0.2) is 5.78 Å². The molecule has 146 valence electrons. The van der Waals surface area contributed by atoms with Gasteiger partial charge in [0.1, 0.15) is 23.6 Å². The van der Waals surface area contributed by atoms with E-state index in [2.05, 4.69) is 19.1 Å². The van der Waals surface area contributed by atoms with Crippen LogP contribution in [0.5, 0.6) is 0 Å². The third kappa shape index (κ3) is 1.71. The molecule has 1 saturated heterocycles. The van der Waals surface area contributed by atoms with E-state index in [4.69, 9.17) is 4.74 Å². The fourth-order valence-corrected chi connectivity index (χ4v) is 7.46. The average molecular weight is 372 g/mol. The topological polar surface area (TPSA) is 90.3 Å². The van der Waals surface area contributed by atoms with Gasteiger partial charge in [-0.15, -0.1) is 0 Å². The summed E-state index contributed by atoms with van der Waals surface area (Å²) in [4.78, 5) is 12.6. The molecule has 5 nitrogen and oxygen atoms in total. The number of ketones is 1. The van der Waals surface area contributed by atoms with Crippen molar-refractivity contribution in [2.24, 2.45) is 28.6 Å². The molecule has 27 heavy (non-hydrogen) atoms. The normalized spacial score (nSPS) is 54.9. The lowest BCUT2D eigenvalue weighted by molar-refractivity contribution is -0.165. The summed E-state index contributed by atoms with van der Waals surface area (Å²) in [5, 5.41) is 31.0. The van der Waals surface area contributed by atoms with E-state index in [0.717, 1.165) is 18.4 Å². The Balaban J connectivity index is 1.62. The van der Waals surface area contributed by atoms with Crippen molar-refractivity contribution in [2.45, 2.75) is 57.3 Å². The summed E-state index contributed by atoms with van der Waals surface area (Å²) >= 11 is 0. The van der Waals surface area contributed by atoms with Crippen LogP contribution in [-0.2, 0) is 9.53 Å². The Morgan fingerprint density at radius 2 is 2.07 bits per heavy atom. The lowest BCUT2D eigenvalue weighted by Gasteiger charge is -2.54. The van der Waals surface area contributed by atoms with Gasteiger partial charge in [-0.1, -0.05) is 26.0 Å². The number of carbonyl (C=O) groups excluding carboxylic acids is 1. The molecule has 0 unspecified atom stereocenters. The first-order valence-corrected chi connectivity index (χ1v) is 10.00. The molecule has 5 rings (SSSR count). The summed E-state index contributed by atoms with van der Waals surface area (Å²) in [5.41, 5.74) is -1.64. The number of hydrogen-bond donors (Lipinski definition) is 3. The third-order valence-electron chi connectivity index (χ3n) is 8.88. The van der Waals surface area contributed by atoms with E-state index in [0.29, 0.717) is 6.42 Å². The second-order valence-corrected chi connectivity index (χ2v) is 9.72. The highest BCUT2D eigenvalue weighted by molar-refractivity contribution is 5.90. The van der Waals surface area contributed by atoms with Crippen LogP contribution in [0.2, 0.25) is 0 Å². The molecule has 0 amide bonds. The Morgan fingerprint density at radius 1 is 1.33 bits per heavy atom. The summed E-state index contributed by atoms with van der Waals surface area (Å²) in [6.07, 6.45) is 10.00. The Morgan fingerprint density at radius 3 is 2.78 bits per heavy atom. The first kappa shape index (κ1) is 17.7. The second kappa shape index (κ2) is 4.94. The van der Waals surface area contributed by atoms with Gasteiger partial charge < -0.3 is 20.1 Å². The molecule has 1 aliphatic heterocycles. The maximum Gasteiger partial charge on any atom is 0.190 e. The standard InChI is InChI=1S/C22H28O5/c1-12-8-16-15-5-4-13-9-14(24)6-7-19(13,2)22(15)18(27-22)10-20(16,3)21(12,26)17(25)11-23/h4,6-7,9,12,15-16,18,23-24,26H,5,8,10-11H2,1-3H3/t12-,15+,16+,18+,19+,20+,21+,22-/m1/s1. The molecule has 0 aromatic heterocycles. The van der Waals surface area contributed by atoms with Gasteiger partial charge in [0.2, 0.25) is 0 Å². The number of aliphatic hydroxyl groups is 3. The molecule has 4 aliphatic carbocycles. The lowest BCUT2D eigenvalue weighted by Crippen LogP contribution is -2.61. The monoisotopic (exact) mass is 372 g/mol. The molecule has 0 bridgehead atoms. The number of hydrogen-bond acceptors (Lipinski definition) is 5. The molecular weight excluding hydrogens is 344 g/mol. The molecule has 8 atom stereocenters. The van der Waals surface area contributed by atoms with Crippen LogP contribution in [0.15, 0.2) is 35.6 Å². The number of fused-ring (bicyclic) bond motifs is 3. The van der Waals surface area contributed by atoms with Crippen LogP contribution in [0.25, 0.3) is 0 Å². The Hall–Kier alpha value is -1.43. The molecule has 5 heteroatoms. The van der Waals surface area contributed by atoms with Gasteiger partial charge in [0, 0.05) is 10.8 Å². The molecule has 2 saturated carbocycles. The molecule has 1 spiro atoms. The first-order valence-electron chi connectivity index (χ1n) is 10.00. The number of Topliss-reactive ketones (excluding diaryl/α,β-unsaturated/α-hetero) is 1. The first-order chi connectivity index (χ1) is 12.6. The van der Waals surface area contributed by atoms with Gasteiger partial charge in [-0.3, -0.25) is 4.79 Å². The van der Waals surface area contributed by atoms with Crippen molar-refractivity contribution >= 4 is 5.78 Å². The van der Waals surface area contributed by atoms with Crippen LogP contribution in [0, 0.1) is 28.6 Å². The summed E-state index contributed by atoms with van der Waals surface area (Å²) in [6.45, 7) is 5.50. The van der Waals surface area contributed by atoms with Crippen LogP contribution >= 0.6 is 0 Å². The number of epoxide rings is 1. The molecule has 3 N–H and O–H groups in total. The maximum atomic E-state index is 12.6. The minimum Gasteiger partial charge on any atom is -0.508 e. The highest BCUT2D eigenvalue weighted by Crippen LogP contribution is 2.75. The minimum absolute atomic E-state index is 0.0286. The zero-order valence-corrected chi connectivity index (χ0v) is 16.1. The van der Waals surface area contributed by atoms with E-state index in [1.807, 2.05) is 19.9 Å². The van der Waals surface area contributed by atoms with Crippen molar-refractivity contribution in [3.8, 4) is 0 Å². The summed E-state index contributed by atoms with van der Waals surface area (Å²) in [6, 6.07) is 0. The lowest BCUT2D eigenvalue weighted by atomic mass is 9.48. The number of carbonyl (C=O) groups is 1. The maximum absolute atomic E-state index is 12.6. The summed E-state index contributed by atoms with van der Waals surface area (Å²) in [5.74, 6) is -0.0306. The fourth-order valence-electron chi connectivity index (χ4n) is 7.46. The molecule has 1 heterocycles. The summed E-state index contributed by atoms with van der Waals surface area (Å²) < 4.78 is 6.43. The summed E-state index contributed by atoms with van der Waals surface area (Å²) in [7, 11) is 0. The van der Waals surface area contributed by atoms with Crippen LogP contribution in [-0.4, -0.2) is 45.0 Å². The van der Waals surface area contributed by atoms with E-state index in [1.54, 1.807) is 6.08 Å². The van der Waals surface area contributed by atoms with E-state index >= 15 is 0 Å². The van der Waals surface area contributed by atoms with Gasteiger partial charge in [0.05, 0.1) is 6.10 Å². The SMILES string of the molecule is C[C@@H]1C[C@H]2[C@@H]3CC=C4C=C(O)C=C[C@]4(C)[C@@]34O[C@H]4C[C@]2(C)[C@@]1(O)C(=O)CO. The average Bonchev–Trinajstić information content (AvgIpc) is 3.31. The van der Waals surface area contributed by atoms with E-state index in [9.17, 15) is 20.1 Å². The number of rotatable bonds is 2. The smallest absolute Gasteiger partial charge is 0.190 e. The Kier molecular flexibility index (Phi) is 3.23. The van der Waals surface area contributed by atoms with Crippen LogP contribution in [0.1, 0.15) is 40.0 Å². The van der Waals surface area contributed by atoms with E-state index in [-0.39, 0.29) is 40.6 Å². The quantitative estimate of drug-likeness (QED) is 0.648. The molecule has 3 fully saturated rings. The molecule has 0 aromatic carbocycles. The predicted octanol–water partition coefficient (Wildman–Crippen LogP) is 2.45. The van der Waals surface area contributed by atoms with E-state index < -0.39 is 23.4 Å². The van der Waals surface area contributed by atoms with Gasteiger partial charge >= 0.3 is 0 Å². The van der Waals surface area contributed by atoms with Crippen molar-refractivity contribution in [3.05, 3.63) is 35.6 Å². The minimum atomic E-state index is -1.50. The van der Waals surface area contributed by atoms with Gasteiger partial charge in [0.25, 0.3) is 0 Å². The molecule has 5 aliphatic rings. The van der Waals surface area contributed by atoms with Crippen molar-refractivity contribution in [1.82, 2.24) is 0 Å². The number of aliphatic hydroxyl groups excluding tert-OH is 2. The van der Waals surface area contributed by atoms with Gasteiger partial charge in [-0.25, -0.2) is 0 Å². The predicted molar refractivity (Wildman–Crippen MR) is 98.8 cm³/mol. The fraction of sp³-hybridized carbons (Fsp3) is 0.682. The zero-order chi connectivity index (χ0) is 19.4. The number of allylic oxidation sites excluding steroid dienone is 3. The van der Waals surface area contributed by atoms with Crippen LogP contribution < -0.4 is 0 Å². The highest BCUT2D eigenvalue weighted by Gasteiger charge is 2.81. The third-order valence-corrected chi connectivity index (χ3v) is 8.88. The van der Waals surface area contributed by atoms with Crippen molar-refractivity contribution in [1.29, 1.82) is 0 Å². The van der Waals surface area contributed by atoms with Crippen molar-refractivity contribution in [2.75, 3.05) is 6.61 Å². The Labute approximate surface area is 159 Å². The van der Waals surface area contributed by atoms with Crippen LogP contribution in [0.3, 0.4) is 0 Å². The molecule has 0 aromatic rings. The molecule has 0 radical (unpaired) electrons. The largest absolute Gasteiger partial charge is 0.508 e. The van der Waals surface area contributed by atoms with E-state index in [1.165, 1.54) is 0 Å². The second-order valence-electron chi connectivity index (χ2n) is 9.72. The van der Waals surface area contributed by atoms with Crippen molar-refractivity contribution in [3.63, 3.8) is 0 Å². The zero-order valence-electron chi connectivity index (χ0n) is 16.1. The van der Waals surface area contributed by atoms with Crippen LogP contribution in [0.4, 0.5) is 0 Å². The Bertz CT molecular complexity index is 827. The highest BCUT2D eigenvalue weighted by atomic mass is 16.6. The van der Waals surface area contributed by atoms with Gasteiger partial charge in [-0.2, -0.15) is 0 Å². The van der Waals surface area contributed by atoms with Gasteiger partial charge in [-0.05, 0) is 61.7 Å².